The van der Waals surface area contributed by atoms with Crippen molar-refractivity contribution in [2.75, 3.05) is 13.1 Å². The number of aromatic nitrogens is 2. The Bertz CT molecular complexity index is 811. The van der Waals surface area contributed by atoms with Crippen molar-refractivity contribution in [2.45, 2.75) is 19.8 Å². The third-order valence-electron chi connectivity index (χ3n) is 5.44. The van der Waals surface area contributed by atoms with E-state index in [1.54, 1.807) is 15.8 Å². The van der Waals surface area contributed by atoms with Crippen LogP contribution < -0.4 is 0 Å². The van der Waals surface area contributed by atoms with Crippen molar-refractivity contribution in [1.29, 1.82) is 0 Å². The van der Waals surface area contributed by atoms with E-state index < -0.39 is 11.9 Å². The highest BCUT2D eigenvalue weighted by molar-refractivity contribution is 5.95. The van der Waals surface area contributed by atoms with Crippen LogP contribution in [0.4, 0.5) is 0 Å². The van der Waals surface area contributed by atoms with E-state index >= 15 is 0 Å². The first-order valence-electron chi connectivity index (χ1n) is 8.68. The Morgan fingerprint density at radius 1 is 1.16 bits per heavy atom. The van der Waals surface area contributed by atoms with Crippen LogP contribution in [-0.4, -0.2) is 44.8 Å². The van der Waals surface area contributed by atoms with Crippen LogP contribution in [0.5, 0.6) is 0 Å². The highest BCUT2D eigenvalue weighted by atomic mass is 16.4. The van der Waals surface area contributed by atoms with Gasteiger partial charge in [0, 0.05) is 13.1 Å². The average Bonchev–Trinajstić information content (AvgIpc) is 3.24. The number of carboxylic acids is 1. The highest BCUT2D eigenvalue weighted by Gasteiger charge is 2.47. The Hall–Kier alpha value is -2.63. The average molecular weight is 339 g/mol. The van der Waals surface area contributed by atoms with E-state index in [0.717, 1.165) is 24.2 Å². The molecule has 2 aliphatic rings. The summed E-state index contributed by atoms with van der Waals surface area (Å²) in [7, 11) is 0. The number of amides is 1. The van der Waals surface area contributed by atoms with Crippen LogP contribution in [-0.2, 0) is 4.79 Å². The molecule has 2 heterocycles. The number of aliphatic carboxylic acids is 1. The second-order valence-corrected chi connectivity index (χ2v) is 7.05. The van der Waals surface area contributed by atoms with E-state index in [9.17, 15) is 14.7 Å². The number of hydrogen-bond acceptors (Lipinski definition) is 3. The van der Waals surface area contributed by atoms with Gasteiger partial charge in [0.15, 0.2) is 0 Å². The molecule has 6 heteroatoms. The second kappa shape index (κ2) is 6.02. The molecule has 25 heavy (non-hydrogen) atoms. The molecule has 2 fully saturated rings. The lowest BCUT2D eigenvalue weighted by Crippen LogP contribution is -2.30. The minimum Gasteiger partial charge on any atom is -0.481 e. The fourth-order valence-corrected chi connectivity index (χ4v) is 3.88. The van der Waals surface area contributed by atoms with Gasteiger partial charge in [0.1, 0.15) is 0 Å². The number of benzene rings is 1. The fourth-order valence-electron chi connectivity index (χ4n) is 3.88. The molecule has 130 valence electrons. The second-order valence-electron chi connectivity index (χ2n) is 7.05. The van der Waals surface area contributed by atoms with Gasteiger partial charge in [0.25, 0.3) is 5.91 Å². The summed E-state index contributed by atoms with van der Waals surface area (Å²) >= 11 is 0. The van der Waals surface area contributed by atoms with Crippen molar-refractivity contribution in [3.63, 3.8) is 0 Å². The third-order valence-corrected chi connectivity index (χ3v) is 5.44. The van der Waals surface area contributed by atoms with Crippen LogP contribution in [0.15, 0.2) is 36.5 Å². The minimum atomic E-state index is -0.788. The molecule has 0 bridgehead atoms. The van der Waals surface area contributed by atoms with Gasteiger partial charge in [-0.25, -0.2) is 4.68 Å². The topological polar surface area (TPSA) is 75.4 Å². The zero-order valence-corrected chi connectivity index (χ0v) is 14.1. The highest BCUT2D eigenvalue weighted by Crippen LogP contribution is 2.44. The van der Waals surface area contributed by atoms with E-state index in [2.05, 4.69) is 5.10 Å². The molecule has 2 aromatic rings. The van der Waals surface area contributed by atoms with Crippen LogP contribution in [0.2, 0.25) is 0 Å². The molecule has 1 saturated heterocycles. The molecule has 0 radical (unpaired) electrons. The number of carboxylic acid groups (broad SMARTS) is 1. The molecule has 2 atom stereocenters. The molecule has 4 rings (SSSR count). The number of hydrogen-bond donors (Lipinski definition) is 1. The Balaban J connectivity index is 1.58. The van der Waals surface area contributed by atoms with E-state index in [1.807, 2.05) is 37.3 Å². The third kappa shape index (κ3) is 2.81. The Labute approximate surface area is 146 Å². The van der Waals surface area contributed by atoms with Gasteiger partial charge in [-0.05, 0) is 43.7 Å². The van der Waals surface area contributed by atoms with Gasteiger partial charge in [-0.2, -0.15) is 5.10 Å². The lowest BCUT2D eigenvalue weighted by molar-refractivity contribution is -0.142. The standard InChI is InChI=1S/C19H21N3O3/c1-12-15(9-20-22(12)14-5-3-2-4-6-14)18(23)21-10-16(13-7-8-13)17(11-21)19(24)25/h2-6,9,13,16-17H,7-8,10-11H2,1H3,(H,24,25)/t16-,17+/m1/s1. The number of likely N-dealkylation sites (tertiary alicyclic amines) is 1. The molecule has 0 unspecified atom stereocenters. The zero-order valence-electron chi connectivity index (χ0n) is 14.1. The molecule has 1 aromatic heterocycles. The first-order chi connectivity index (χ1) is 12.1. The molecule has 6 nitrogen and oxygen atoms in total. The maximum atomic E-state index is 12.9. The van der Waals surface area contributed by atoms with Crippen molar-refractivity contribution in [2.24, 2.45) is 17.8 Å². The smallest absolute Gasteiger partial charge is 0.308 e. The van der Waals surface area contributed by atoms with E-state index in [1.165, 1.54) is 0 Å². The van der Waals surface area contributed by atoms with Crippen molar-refractivity contribution in [3.8, 4) is 5.69 Å². The van der Waals surface area contributed by atoms with Crippen LogP contribution >= 0.6 is 0 Å². The summed E-state index contributed by atoms with van der Waals surface area (Å²) in [6, 6.07) is 9.66. The maximum Gasteiger partial charge on any atom is 0.308 e. The normalized spacial score (nSPS) is 23.0. The maximum absolute atomic E-state index is 12.9. The Morgan fingerprint density at radius 3 is 2.52 bits per heavy atom. The van der Waals surface area contributed by atoms with Crippen molar-refractivity contribution >= 4 is 11.9 Å². The number of nitrogens with zero attached hydrogens (tertiary/aromatic N) is 3. The van der Waals surface area contributed by atoms with E-state index in [-0.39, 0.29) is 11.8 Å². The number of carbonyl (C=O) groups excluding carboxylic acids is 1. The minimum absolute atomic E-state index is 0.0888. The molecule has 1 amide bonds. The quantitative estimate of drug-likeness (QED) is 0.928. The van der Waals surface area contributed by atoms with Crippen LogP contribution in [0.1, 0.15) is 28.9 Å². The fraction of sp³-hybridized carbons (Fsp3) is 0.421. The molecule has 0 spiro atoms. The predicted octanol–water partition coefficient (Wildman–Crippen LogP) is 2.36. The van der Waals surface area contributed by atoms with Crippen molar-refractivity contribution in [3.05, 3.63) is 47.8 Å². The SMILES string of the molecule is Cc1c(C(=O)N2C[C@H](C(=O)O)[C@@H](C3CC3)C2)cnn1-c1ccccc1. The van der Waals surface area contributed by atoms with Crippen molar-refractivity contribution < 1.29 is 14.7 Å². The number of carbonyl (C=O) groups is 2. The van der Waals surface area contributed by atoms with Gasteiger partial charge in [0.2, 0.25) is 0 Å². The first kappa shape index (κ1) is 15.9. The Kier molecular flexibility index (Phi) is 3.82. The summed E-state index contributed by atoms with van der Waals surface area (Å²) in [5.74, 6) is -0.795. The van der Waals surface area contributed by atoms with E-state index in [4.69, 9.17) is 0 Å². The summed E-state index contributed by atoms with van der Waals surface area (Å²) < 4.78 is 1.75. The van der Waals surface area contributed by atoms with Gasteiger partial charge in [-0.15, -0.1) is 0 Å². The number of para-hydroxylation sites is 1. The monoisotopic (exact) mass is 339 g/mol. The number of rotatable bonds is 4. The van der Waals surface area contributed by atoms with Crippen LogP contribution in [0, 0.1) is 24.7 Å². The zero-order chi connectivity index (χ0) is 17.6. The van der Waals surface area contributed by atoms with Crippen LogP contribution in [0.25, 0.3) is 5.69 Å². The molecule has 1 aliphatic heterocycles. The molecule has 1 aromatic carbocycles. The lowest BCUT2D eigenvalue weighted by atomic mass is 9.92. The summed E-state index contributed by atoms with van der Waals surface area (Å²) in [5.41, 5.74) is 2.22. The molecular weight excluding hydrogens is 318 g/mol. The summed E-state index contributed by atoms with van der Waals surface area (Å²) in [6.45, 7) is 2.71. The summed E-state index contributed by atoms with van der Waals surface area (Å²) in [6.07, 6.45) is 3.76. The van der Waals surface area contributed by atoms with Gasteiger partial charge in [0.05, 0.1) is 29.1 Å². The molecule has 1 saturated carbocycles. The van der Waals surface area contributed by atoms with Crippen LogP contribution in [0.3, 0.4) is 0 Å². The lowest BCUT2D eigenvalue weighted by Gasteiger charge is -2.16. The summed E-state index contributed by atoms with van der Waals surface area (Å²) in [4.78, 5) is 26.2. The largest absolute Gasteiger partial charge is 0.481 e. The first-order valence-corrected chi connectivity index (χ1v) is 8.68. The predicted molar refractivity (Wildman–Crippen MR) is 91.5 cm³/mol. The molecule has 1 N–H and O–H groups in total. The molecular formula is C19H21N3O3. The summed E-state index contributed by atoms with van der Waals surface area (Å²) in [5, 5.41) is 13.8. The van der Waals surface area contributed by atoms with Crippen molar-refractivity contribution in [1.82, 2.24) is 14.7 Å². The van der Waals surface area contributed by atoms with Gasteiger partial charge in [-0.3, -0.25) is 9.59 Å². The van der Waals surface area contributed by atoms with Gasteiger partial charge in [-0.1, -0.05) is 18.2 Å². The van der Waals surface area contributed by atoms with E-state index in [0.29, 0.717) is 24.6 Å². The molecule has 1 aliphatic carbocycles. The van der Waals surface area contributed by atoms with Gasteiger partial charge < -0.3 is 10.0 Å². The van der Waals surface area contributed by atoms with Gasteiger partial charge >= 0.3 is 5.97 Å². The Morgan fingerprint density at radius 2 is 1.88 bits per heavy atom.